The molecule has 8 heteroatoms. The molecule has 8 nitrogen and oxygen atoms in total. The minimum Gasteiger partial charge on any atom is -0.493 e. The van der Waals surface area contributed by atoms with E-state index in [4.69, 9.17) is 14.2 Å². The number of methoxy groups -OCH3 is 2. The van der Waals surface area contributed by atoms with Crippen molar-refractivity contribution in [2.24, 2.45) is 0 Å². The van der Waals surface area contributed by atoms with Crippen molar-refractivity contribution in [1.82, 2.24) is 15.1 Å². The molecule has 1 heterocycles. The Morgan fingerprint density at radius 1 is 1.00 bits per heavy atom. The first-order chi connectivity index (χ1) is 13.6. The summed E-state index contributed by atoms with van der Waals surface area (Å²) in [6.07, 6.45) is 0.990. The number of carbonyl (C=O) groups is 2. The van der Waals surface area contributed by atoms with Crippen molar-refractivity contribution in [2.75, 3.05) is 60.1 Å². The Kier molecular flexibility index (Phi) is 8.87. The molecular formula is C20H31N3O5. The lowest BCUT2D eigenvalue weighted by atomic mass is 10.1. The maximum absolute atomic E-state index is 12.3. The Labute approximate surface area is 166 Å². The average Bonchev–Trinajstić information content (AvgIpc) is 2.73. The summed E-state index contributed by atoms with van der Waals surface area (Å²) in [4.78, 5) is 27.5. The van der Waals surface area contributed by atoms with Crippen molar-refractivity contribution in [3.8, 4) is 11.5 Å². The van der Waals surface area contributed by atoms with E-state index in [1.54, 1.807) is 26.0 Å². The highest BCUT2D eigenvalue weighted by molar-refractivity contribution is 5.77. The molecule has 2 rings (SSSR count). The van der Waals surface area contributed by atoms with E-state index in [-0.39, 0.29) is 12.0 Å². The van der Waals surface area contributed by atoms with Crippen LogP contribution in [0.4, 0.5) is 4.79 Å². The van der Waals surface area contributed by atoms with Gasteiger partial charge in [-0.1, -0.05) is 6.07 Å². The molecule has 0 saturated carbocycles. The second-order valence-corrected chi connectivity index (χ2v) is 6.51. The van der Waals surface area contributed by atoms with Gasteiger partial charge < -0.3 is 29.3 Å². The summed E-state index contributed by atoms with van der Waals surface area (Å²) in [5, 5.41) is 3.31. The van der Waals surface area contributed by atoms with Crippen LogP contribution >= 0.6 is 0 Å². The molecule has 0 radical (unpaired) electrons. The number of hydrogen-bond donors (Lipinski definition) is 1. The van der Waals surface area contributed by atoms with Gasteiger partial charge in [0.25, 0.3) is 0 Å². The smallest absolute Gasteiger partial charge is 0.409 e. The van der Waals surface area contributed by atoms with Gasteiger partial charge in [-0.05, 0) is 37.6 Å². The summed E-state index contributed by atoms with van der Waals surface area (Å²) in [5.74, 6) is 1.55. The third-order valence-electron chi connectivity index (χ3n) is 4.71. The van der Waals surface area contributed by atoms with Gasteiger partial charge in [-0.15, -0.1) is 0 Å². The van der Waals surface area contributed by atoms with Crippen LogP contribution in [0.15, 0.2) is 18.2 Å². The molecular weight excluding hydrogens is 362 g/mol. The SMILES string of the molecule is CCOC(=O)N1CCN(C(=O)CCNCCc2ccc(OC)c(OC)c2)CC1. The molecule has 2 amide bonds. The van der Waals surface area contributed by atoms with E-state index < -0.39 is 0 Å². The molecule has 1 aliphatic rings. The lowest BCUT2D eigenvalue weighted by Crippen LogP contribution is -2.51. The van der Waals surface area contributed by atoms with E-state index in [2.05, 4.69) is 5.32 Å². The van der Waals surface area contributed by atoms with Gasteiger partial charge in [-0.3, -0.25) is 4.79 Å². The number of piperazine rings is 1. The molecule has 1 saturated heterocycles. The highest BCUT2D eigenvalue weighted by Gasteiger charge is 2.24. The molecule has 1 aromatic rings. The van der Waals surface area contributed by atoms with Crippen molar-refractivity contribution in [3.05, 3.63) is 23.8 Å². The Bertz CT molecular complexity index is 645. The van der Waals surface area contributed by atoms with Gasteiger partial charge in [0.2, 0.25) is 5.91 Å². The Morgan fingerprint density at radius 2 is 1.68 bits per heavy atom. The number of rotatable bonds is 9. The average molecular weight is 393 g/mol. The summed E-state index contributed by atoms with van der Waals surface area (Å²) in [6, 6.07) is 5.87. The van der Waals surface area contributed by atoms with Crippen LogP contribution in [-0.2, 0) is 16.0 Å². The van der Waals surface area contributed by atoms with Gasteiger partial charge in [-0.2, -0.15) is 0 Å². The molecule has 1 fully saturated rings. The lowest BCUT2D eigenvalue weighted by Gasteiger charge is -2.34. The summed E-state index contributed by atoms with van der Waals surface area (Å²) < 4.78 is 15.5. The standard InChI is InChI=1S/C20H31N3O5/c1-4-28-20(25)23-13-11-22(12-14-23)19(24)8-10-21-9-7-16-5-6-17(26-2)18(15-16)27-3/h5-6,15,21H,4,7-14H2,1-3H3. The first-order valence-corrected chi connectivity index (χ1v) is 9.70. The zero-order chi connectivity index (χ0) is 20.4. The predicted molar refractivity (Wildman–Crippen MR) is 106 cm³/mol. The van der Waals surface area contributed by atoms with Gasteiger partial charge in [-0.25, -0.2) is 4.79 Å². The van der Waals surface area contributed by atoms with E-state index in [0.717, 1.165) is 24.3 Å². The van der Waals surface area contributed by atoms with E-state index in [0.29, 0.717) is 51.5 Å². The summed E-state index contributed by atoms with van der Waals surface area (Å²) in [5.41, 5.74) is 1.14. The largest absolute Gasteiger partial charge is 0.493 e. The number of nitrogens with one attached hydrogen (secondary N) is 1. The summed E-state index contributed by atoms with van der Waals surface area (Å²) in [7, 11) is 3.24. The van der Waals surface area contributed by atoms with Crippen molar-refractivity contribution in [1.29, 1.82) is 0 Å². The number of amides is 2. The van der Waals surface area contributed by atoms with Gasteiger partial charge in [0.15, 0.2) is 11.5 Å². The van der Waals surface area contributed by atoms with Crippen LogP contribution in [0.1, 0.15) is 18.9 Å². The molecule has 28 heavy (non-hydrogen) atoms. The number of hydrogen-bond acceptors (Lipinski definition) is 6. The second kappa shape index (κ2) is 11.4. The monoisotopic (exact) mass is 393 g/mol. The summed E-state index contributed by atoms with van der Waals surface area (Å²) >= 11 is 0. The minimum atomic E-state index is -0.300. The quantitative estimate of drug-likeness (QED) is 0.641. The van der Waals surface area contributed by atoms with E-state index in [1.165, 1.54) is 0 Å². The van der Waals surface area contributed by atoms with Gasteiger partial charge in [0, 0.05) is 39.1 Å². The highest BCUT2D eigenvalue weighted by Crippen LogP contribution is 2.27. The molecule has 0 aromatic heterocycles. The number of ether oxygens (including phenoxy) is 3. The molecule has 1 N–H and O–H groups in total. The van der Waals surface area contributed by atoms with Crippen molar-refractivity contribution < 1.29 is 23.8 Å². The van der Waals surface area contributed by atoms with Crippen LogP contribution < -0.4 is 14.8 Å². The maximum atomic E-state index is 12.3. The normalized spacial score (nSPS) is 14.0. The molecule has 0 spiro atoms. The van der Waals surface area contributed by atoms with Crippen LogP contribution in [-0.4, -0.2) is 81.9 Å². The van der Waals surface area contributed by atoms with Gasteiger partial charge in [0.1, 0.15) is 0 Å². The molecule has 1 aromatic carbocycles. The van der Waals surface area contributed by atoms with Crippen LogP contribution in [0.2, 0.25) is 0 Å². The molecule has 0 aliphatic carbocycles. The van der Waals surface area contributed by atoms with Gasteiger partial charge >= 0.3 is 6.09 Å². The van der Waals surface area contributed by atoms with Crippen LogP contribution in [0.5, 0.6) is 11.5 Å². The Balaban J connectivity index is 1.63. The first kappa shape index (κ1) is 21.8. The van der Waals surface area contributed by atoms with Crippen LogP contribution in [0, 0.1) is 0 Å². The topological polar surface area (TPSA) is 80.3 Å². The maximum Gasteiger partial charge on any atom is 0.409 e. The lowest BCUT2D eigenvalue weighted by molar-refractivity contribution is -0.132. The summed E-state index contributed by atoms with van der Waals surface area (Å²) in [6.45, 7) is 5.73. The number of carbonyl (C=O) groups excluding carboxylic acids is 2. The fraction of sp³-hybridized carbons (Fsp3) is 0.600. The Hall–Kier alpha value is -2.48. The molecule has 1 aliphatic heterocycles. The number of benzene rings is 1. The molecule has 0 atom stereocenters. The number of nitrogens with zero attached hydrogens (tertiary/aromatic N) is 2. The zero-order valence-electron chi connectivity index (χ0n) is 17.0. The van der Waals surface area contributed by atoms with Crippen molar-refractivity contribution in [2.45, 2.75) is 19.8 Å². The molecule has 0 bridgehead atoms. The molecule has 156 valence electrons. The van der Waals surface area contributed by atoms with Crippen molar-refractivity contribution >= 4 is 12.0 Å². The van der Waals surface area contributed by atoms with E-state index in [9.17, 15) is 9.59 Å². The van der Waals surface area contributed by atoms with Crippen LogP contribution in [0.3, 0.4) is 0 Å². The third kappa shape index (κ3) is 6.30. The van der Waals surface area contributed by atoms with Crippen LogP contribution in [0.25, 0.3) is 0 Å². The fourth-order valence-electron chi connectivity index (χ4n) is 3.10. The fourth-order valence-corrected chi connectivity index (χ4v) is 3.10. The van der Waals surface area contributed by atoms with E-state index in [1.807, 2.05) is 23.1 Å². The predicted octanol–water partition coefficient (Wildman–Crippen LogP) is 1.53. The highest BCUT2D eigenvalue weighted by atomic mass is 16.6. The van der Waals surface area contributed by atoms with Gasteiger partial charge in [0.05, 0.1) is 20.8 Å². The molecule has 0 unspecified atom stereocenters. The zero-order valence-corrected chi connectivity index (χ0v) is 17.0. The second-order valence-electron chi connectivity index (χ2n) is 6.51. The van der Waals surface area contributed by atoms with E-state index >= 15 is 0 Å². The third-order valence-corrected chi connectivity index (χ3v) is 4.71. The van der Waals surface area contributed by atoms with Crippen molar-refractivity contribution in [3.63, 3.8) is 0 Å². The Morgan fingerprint density at radius 3 is 2.32 bits per heavy atom. The first-order valence-electron chi connectivity index (χ1n) is 9.70. The minimum absolute atomic E-state index is 0.113.